The van der Waals surface area contributed by atoms with Crippen LogP contribution in [0.1, 0.15) is 25.7 Å². The number of nitrogens with zero attached hydrogens (tertiary/aromatic N) is 6. The van der Waals surface area contributed by atoms with Crippen LogP contribution in [-0.2, 0) is 0 Å². The highest BCUT2D eigenvalue weighted by Crippen LogP contribution is 2.28. The van der Waals surface area contributed by atoms with E-state index in [1.807, 2.05) is 30.3 Å². The predicted octanol–water partition coefficient (Wildman–Crippen LogP) is 1.09. The predicted molar refractivity (Wildman–Crippen MR) is 91.2 cm³/mol. The van der Waals surface area contributed by atoms with Crippen LogP contribution in [0.25, 0.3) is 5.69 Å². The van der Waals surface area contributed by atoms with Gasteiger partial charge in [0.2, 0.25) is 5.95 Å². The fourth-order valence-corrected chi connectivity index (χ4v) is 3.81. The molecule has 1 N–H and O–H groups in total. The van der Waals surface area contributed by atoms with Gasteiger partial charge in [-0.15, -0.1) is 0 Å². The van der Waals surface area contributed by atoms with Crippen molar-refractivity contribution in [2.24, 2.45) is 0 Å². The van der Waals surface area contributed by atoms with Crippen LogP contribution < -0.4 is 4.90 Å². The second-order valence-electron chi connectivity index (χ2n) is 6.96. The maximum absolute atomic E-state index is 11.0. The summed E-state index contributed by atoms with van der Waals surface area (Å²) in [6.45, 7) is 4.30. The normalized spacial score (nSPS) is 25.3. The summed E-state index contributed by atoms with van der Waals surface area (Å²) in [7, 11) is 0. The summed E-state index contributed by atoms with van der Waals surface area (Å²) >= 11 is 0. The monoisotopic (exact) mass is 328 g/mol. The van der Waals surface area contributed by atoms with Gasteiger partial charge < -0.3 is 14.9 Å². The zero-order valence-electron chi connectivity index (χ0n) is 13.9. The summed E-state index contributed by atoms with van der Waals surface area (Å²) in [6, 6.07) is 9.88. The Hall–Kier alpha value is -1.99. The molecule has 2 saturated heterocycles. The topological polar surface area (TPSA) is 70.3 Å². The van der Waals surface area contributed by atoms with E-state index in [4.69, 9.17) is 0 Å². The third-order valence-electron chi connectivity index (χ3n) is 5.04. The van der Waals surface area contributed by atoms with E-state index >= 15 is 0 Å². The van der Waals surface area contributed by atoms with Crippen molar-refractivity contribution >= 4 is 5.95 Å². The van der Waals surface area contributed by atoms with Crippen molar-refractivity contribution in [3.63, 3.8) is 0 Å². The summed E-state index contributed by atoms with van der Waals surface area (Å²) in [4.78, 5) is 4.49. The van der Waals surface area contributed by atoms with Gasteiger partial charge in [0, 0.05) is 13.1 Å². The van der Waals surface area contributed by atoms with Gasteiger partial charge in [0.15, 0.2) is 0 Å². The summed E-state index contributed by atoms with van der Waals surface area (Å²) in [5.41, 5.74) is 0.258. The van der Waals surface area contributed by atoms with Gasteiger partial charge >= 0.3 is 0 Å². The van der Waals surface area contributed by atoms with Crippen molar-refractivity contribution in [3.8, 4) is 5.69 Å². The van der Waals surface area contributed by atoms with Crippen LogP contribution in [0.4, 0.5) is 5.95 Å². The molecule has 2 aliphatic rings. The van der Waals surface area contributed by atoms with Gasteiger partial charge in [0.25, 0.3) is 0 Å². The Kier molecular flexibility index (Phi) is 4.20. The number of tetrazole rings is 1. The van der Waals surface area contributed by atoms with E-state index < -0.39 is 5.60 Å². The first-order valence-corrected chi connectivity index (χ1v) is 8.77. The number of aliphatic hydroxyl groups is 1. The first kappa shape index (κ1) is 15.5. The number of anilines is 1. The average molecular weight is 328 g/mol. The van der Waals surface area contributed by atoms with E-state index in [2.05, 4.69) is 25.3 Å². The van der Waals surface area contributed by atoms with E-state index in [0.717, 1.165) is 38.3 Å². The van der Waals surface area contributed by atoms with Gasteiger partial charge in [0.05, 0.1) is 17.8 Å². The van der Waals surface area contributed by atoms with Crippen molar-refractivity contribution in [1.82, 2.24) is 25.1 Å². The third-order valence-corrected chi connectivity index (χ3v) is 5.04. The summed E-state index contributed by atoms with van der Waals surface area (Å²) in [5, 5.41) is 23.2. The number of rotatable bonds is 4. The Morgan fingerprint density at radius 2 is 1.83 bits per heavy atom. The molecule has 0 aliphatic carbocycles. The standard InChI is InChI=1S/C17H24N6O/c24-17(13-21-10-5-2-6-11-21)9-12-22(14-17)16-18-19-20-23(16)15-7-3-1-4-8-15/h1,3-4,7-8,24H,2,5-6,9-14H2/t17-/m1/s1. The SMILES string of the molecule is O[C@@]1(CN2CCCCC2)CCN(c2nnnn2-c2ccccc2)C1. The lowest BCUT2D eigenvalue weighted by Gasteiger charge is -2.33. The maximum Gasteiger partial charge on any atom is 0.250 e. The first-order valence-electron chi connectivity index (χ1n) is 8.77. The fourth-order valence-electron chi connectivity index (χ4n) is 3.81. The Morgan fingerprint density at radius 3 is 2.62 bits per heavy atom. The third kappa shape index (κ3) is 3.14. The van der Waals surface area contributed by atoms with E-state index in [0.29, 0.717) is 12.5 Å². The molecule has 128 valence electrons. The van der Waals surface area contributed by atoms with E-state index in [1.165, 1.54) is 19.3 Å². The molecule has 24 heavy (non-hydrogen) atoms. The van der Waals surface area contributed by atoms with Crippen molar-refractivity contribution < 1.29 is 5.11 Å². The van der Waals surface area contributed by atoms with Crippen LogP contribution >= 0.6 is 0 Å². The minimum atomic E-state index is -0.676. The fraction of sp³-hybridized carbons (Fsp3) is 0.588. The molecule has 0 bridgehead atoms. The Morgan fingerprint density at radius 1 is 1.04 bits per heavy atom. The Bertz CT molecular complexity index is 669. The van der Waals surface area contributed by atoms with Crippen molar-refractivity contribution in [2.75, 3.05) is 37.6 Å². The molecular weight excluding hydrogens is 304 g/mol. The lowest BCUT2D eigenvalue weighted by atomic mass is 10.0. The van der Waals surface area contributed by atoms with Crippen molar-refractivity contribution in [2.45, 2.75) is 31.3 Å². The average Bonchev–Trinajstić information content (AvgIpc) is 3.23. The molecule has 2 aromatic rings. The minimum absolute atomic E-state index is 0.580. The molecule has 1 aromatic heterocycles. The molecule has 4 rings (SSSR count). The number of hydrogen-bond acceptors (Lipinski definition) is 6. The lowest BCUT2D eigenvalue weighted by molar-refractivity contribution is 0.0169. The molecule has 2 fully saturated rings. The van der Waals surface area contributed by atoms with E-state index in [1.54, 1.807) is 4.68 Å². The van der Waals surface area contributed by atoms with Gasteiger partial charge in [-0.25, -0.2) is 0 Å². The highest BCUT2D eigenvalue weighted by atomic mass is 16.3. The number of benzene rings is 1. The largest absolute Gasteiger partial charge is 0.387 e. The highest BCUT2D eigenvalue weighted by molar-refractivity contribution is 5.42. The van der Waals surface area contributed by atoms with Gasteiger partial charge in [-0.2, -0.15) is 4.68 Å². The molecule has 2 aliphatic heterocycles. The molecule has 0 saturated carbocycles. The van der Waals surface area contributed by atoms with Crippen LogP contribution in [0.15, 0.2) is 30.3 Å². The molecule has 1 atom stereocenters. The number of likely N-dealkylation sites (tertiary alicyclic amines) is 1. The van der Waals surface area contributed by atoms with E-state index in [-0.39, 0.29) is 0 Å². The molecule has 7 heteroatoms. The van der Waals surface area contributed by atoms with Crippen LogP contribution in [-0.4, -0.2) is 68.5 Å². The second kappa shape index (κ2) is 6.49. The molecule has 0 unspecified atom stereocenters. The van der Waals surface area contributed by atoms with Gasteiger partial charge in [-0.1, -0.05) is 29.7 Å². The van der Waals surface area contributed by atoms with Gasteiger partial charge in [-0.05, 0) is 54.9 Å². The smallest absolute Gasteiger partial charge is 0.250 e. The van der Waals surface area contributed by atoms with Gasteiger partial charge in [-0.3, -0.25) is 0 Å². The first-order chi connectivity index (χ1) is 11.7. The zero-order chi connectivity index (χ0) is 16.4. The highest BCUT2D eigenvalue weighted by Gasteiger charge is 2.39. The van der Waals surface area contributed by atoms with Crippen LogP contribution in [0, 0.1) is 0 Å². The van der Waals surface area contributed by atoms with Crippen molar-refractivity contribution in [3.05, 3.63) is 30.3 Å². The Labute approximate surface area is 141 Å². The molecule has 3 heterocycles. The van der Waals surface area contributed by atoms with Crippen LogP contribution in [0.3, 0.4) is 0 Å². The second-order valence-corrected chi connectivity index (χ2v) is 6.96. The van der Waals surface area contributed by atoms with E-state index in [9.17, 15) is 5.11 Å². The number of β-amino-alcohol motifs (C(OH)–C–C–N with tert-alkyl or cyclic N) is 1. The molecule has 0 radical (unpaired) electrons. The number of hydrogen-bond donors (Lipinski definition) is 1. The maximum atomic E-state index is 11.0. The molecule has 0 amide bonds. The Balaban J connectivity index is 1.48. The summed E-state index contributed by atoms with van der Waals surface area (Å²) in [6.07, 6.45) is 4.55. The van der Waals surface area contributed by atoms with Crippen molar-refractivity contribution in [1.29, 1.82) is 0 Å². The van der Waals surface area contributed by atoms with Crippen LogP contribution in [0.5, 0.6) is 0 Å². The summed E-state index contributed by atoms with van der Waals surface area (Å²) in [5.74, 6) is 0.704. The quantitative estimate of drug-likeness (QED) is 0.906. The molecule has 0 spiro atoms. The summed E-state index contributed by atoms with van der Waals surface area (Å²) < 4.78 is 1.74. The molecule has 7 nitrogen and oxygen atoms in total. The number of para-hydroxylation sites is 1. The number of aromatic nitrogens is 4. The molecular formula is C17H24N6O. The number of piperidine rings is 1. The lowest BCUT2D eigenvalue weighted by Crippen LogP contribution is -2.47. The molecule has 1 aromatic carbocycles. The van der Waals surface area contributed by atoms with Gasteiger partial charge in [0.1, 0.15) is 0 Å². The minimum Gasteiger partial charge on any atom is -0.387 e. The van der Waals surface area contributed by atoms with Crippen LogP contribution in [0.2, 0.25) is 0 Å². The zero-order valence-corrected chi connectivity index (χ0v) is 13.9.